The van der Waals surface area contributed by atoms with Crippen LogP contribution in [0, 0.1) is 0 Å². The topological polar surface area (TPSA) is 26.0 Å². The van der Waals surface area contributed by atoms with Crippen LogP contribution in [0.1, 0.15) is 65.1 Å². The minimum atomic E-state index is 0.142. The molecule has 2 heteroatoms. The minimum Gasteiger partial charge on any atom is -0.448 e. The first kappa shape index (κ1) is 12.3. The molecule has 1 rings (SSSR count). The second-order valence-corrected chi connectivity index (χ2v) is 4.91. The molecule has 15 heavy (non-hydrogen) atoms. The Balaban J connectivity index is 2.25. The Kier molecular flexibility index (Phi) is 4.86. The Morgan fingerprint density at radius 2 is 1.93 bits per heavy atom. The summed E-state index contributed by atoms with van der Waals surface area (Å²) in [6, 6.07) is 0. The smallest absolute Gasteiger partial charge is 0.180 e. The zero-order chi connectivity index (χ0) is 11.1. The van der Waals surface area contributed by atoms with Crippen molar-refractivity contribution in [2.24, 2.45) is 0 Å². The molecule has 0 amide bonds. The molecule has 0 atom stereocenters. The third-order valence-electron chi connectivity index (χ3n) is 3.00. The number of rotatable bonds is 7. The molecule has 0 radical (unpaired) electrons. The van der Waals surface area contributed by atoms with Crippen molar-refractivity contribution in [3.63, 3.8) is 0 Å². The van der Waals surface area contributed by atoms with Gasteiger partial charge in [-0.2, -0.15) is 0 Å². The molecule has 0 aliphatic carbocycles. The molecular formula is C13H23NO. The van der Waals surface area contributed by atoms with Crippen LogP contribution >= 0.6 is 0 Å². The highest BCUT2D eigenvalue weighted by atomic mass is 16.3. The molecule has 0 bridgehead atoms. The van der Waals surface area contributed by atoms with Crippen molar-refractivity contribution in [1.82, 2.24) is 4.98 Å². The monoisotopic (exact) mass is 209 g/mol. The fourth-order valence-electron chi connectivity index (χ4n) is 1.84. The maximum absolute atomic E-state index is 5.37. The van der Waals surface area contributed by atoms with Gasteiger partial charge in [-0.15, -0.1) is 0 Å². The third kappa shape index (κ3) is 4.06. The summed E-state index contributed by atoms with van der Waals surface area (Å²) in [4.78, 5) is 3.98. The predicted octanol–water partition coefficient (Wildman–Crippen LogP) is 4.31. The zero-order valence-corrected chi connectivity index (χ0v) is 10.3. The fourth-order valence-corrected chi connectivity index (χ4v) is 1.84. The van der Waals surface area contributed by atoms with E-state index in [1.54, 1.807) is 0 Å². The van der Waals surface area contributed by atoms with Gasteiger partial charge in [0.15, 0.2) is 6.39 Å². The highest BCUT2D eigenvalue weighted by Crippen LogP contribution is 2.28. The highest BCUT2D eigenvalue weighted by molar-refractivity contribution is 5.05. The summed E-state index contributed by atoms with van der Waals surface area (Å²) in [6.07, 6.45) is 11.2. The van der Waals surface area contributed by atoms with Crippen LogP contribution in [0.25, 0.3) is 0 Å². The summed E-state index contributed by atoms with van der Waals surface area (Å²) in [5.74, 6) is 1.01. The van der Waals surface area contributed by atoms with Crippen molar-refractivity contribution in [2.75, 3.05) is 0 Å². The van der Waals surface area contributed by atoms with Crippen molar-refractivity contribution in [1.29, 1.82) is 0 Å². The van der Waals surface area contributed by atoms with Gasteiger partial charge in [0.25, 0.3) is 0 Å². The van der Waals surface area contributed by atoms with Gasteiger partial charge in [-0.3, -0.25) is 0 Å². The lowest BCUT2D eigenvalue weighted by molar-refractivity contribution is 0.351. The first-order valence-corrected chi connectivity index (χ1v) is 6.06. The van der Waals surface area contributed by atoms with E-state index < -0.39 is 0 Å². The van der Waals surface area contributed by atoms with Crippen molar-refractivity contribution in [3.8, 4) is 0 Å². The zero-order valence-electron chi connectivity index (χ0n) is 10.3. The van der Waals surface area contributed by atoms with E-state index in [1.807, 2.05) is 6.20 Å². The van der Waals surface area contributed by atoms with Gasteiger partial charge in [-0.25, -0.2) is 4.98 Å². The molecule has 86 valence electrons. The van der Waals surface area contributed by atoms with Crippen LogP contribution in [0.2, 0.25) is 0 Å². The number of oxazole rings is 1. The van der Waals surface area contributed by atoms with Gasteiger partial charge in [0.2, 0.25) is 0 Å². The molecule has 1 aromatic heterocycles. The second kappa shape index (κ2) is 5.94. The summed E-state index contributed by atoms with van der Waals surface area (Å²) in [5, 5.41) is 0. The lowest BCUT2D eigenvalue weighted by atomic mass is 9.85. The Labute approximate surface area is 93.1 Å². The summed E-state index contributed by atoms with van der Waals surface area (Å²) in [5.41, 5.74) is 0.142. The number of hydrogen-bond donors (Lipinski definition) is 0. The fraction of sp³-hybridized carbons (Fsp3) is 0.769. The van der Waals surface area contributed by atoms with E-state index in [2.05, 4.69) is 25.8 Å². The van der Waals surface area contributed by atoms with E-state index in [9.17, 15) is 0 Å². The molecule has 0 aliphatic heterocycles. The summed E-state index contributed by atoms with van der Waals surface area (Å²) in [7, 11) is 0. The molecule has 0 spiro atoms. The standard InChI is InChI=1S/C13H23NO/c1-4-5-6-7-8-9-13(2,3)12-10-14-11-15-12/h10-11H,4-9H2,1-3H3. The number of nitrogens with zero attached hydrogens (tertiary/aromatic N) is 1. The van der Waals surface area contributed by atoms with Crippen LogP contribution in [-0.2, 0) is 5.41 Å². The lowest BCUT2D eigenvalue weighted by Gasteiger charge is -2.21. The van der Waals surface area contributed by atoms with Crippen LogP contribution < -0.4 is 0 Å². The Hall–Kier alpha value is -0.790. The van der Waals surface area contributed by atoms with Crippen LogP contribution in [0.15, 0.2) is 17.0 Å². The first-order valence-electron chi connectivity index (χ1n) is 6.06. The van der Waals surface area contributed by atoms with Gasteiger partial charge in [-0.05, 0) is 6.42 Å². The average molecular weight is 209 g/mol. The van der Waals surface area contributed by atoms with Crippen LogP contribution in [-0.4, -0.2) is 4.98 Å². The largest absolute Gasteiger partial charge is 0.448 e. The van der Waals surface area contributed by atoms with Crippen molar-refractivity contribution in [2.45, 2.75) is 64.7 Å². The van der Waals surface area contributed by atoms with Gasteiger partial charge in [-0.1, -0.05) is 52.9 Å². The molecule has 2 nitrogen and oxygen atoms in total. The van der Waals surface area contributed by atoms with Crippen molar-refractivity contribution >= 4 is 0 Å². The van der Waals surface area contributed by atoms with Gasteiger partial charge in [0, 0.05) is 5.41 Å². The lowest BCUT2D eigenvalue weighted by Crippen LogP contribution is -2.15. The maximum Gasteiger partial charge on any atom is 0.180 e. The minimum absolute atomic E-state index is 0.142. The van der Waals surface area contributed by atoms with E-state index in [1.165, 1.54) is 44.9 Å². The van der Waals surface area contributed by atoms with E-state index in [-0.39, 0.29) is 5.41 Å². The summed E-state index contributed by atoms with van der Waals surface area (Å²) >= 11 is 0. The highest BCUT2D eigenvalue weighted by Gasteiger charge is 2.23. The van der Waals surface area contributed by atoms with Gasteiger partial charge >= 0.3 is 0 Å². The van der Waals surface area contributed by atoms with Crippen LogP contribution in [0.4, 0.5) is 0 Å². The summed E-state index contributed by atoms with van der Waals surface area (Å²) in [6.45, 7) is 6.71. The molecule has 0 N–H and O–H groups in total. The maximum atomic E-state index is 5.37. The molecule has 1 heterocycles. The predicted molar refractivity (Wildman–Crippen MR) is 62.9 cm³/mol. The normalized spacial score (nSPS) is 11.9. The summed E-state index contributed by atoms with van der Waals surface area (Å²) < 4.78 is 5.37. The SMILES string of the molecule is CCCCCCCC(C)(C)c1cnco1. The Morgan fingerprint density at radius 3 is 2.53 bits per heavy atom. The van der Waals surface area contributed by atoms with E-state index in [0.29, 0.717) is 0 Å². The van der Waals surface area contributed by atoms with Gasteiger partial charge < -0.3 is 4.42 Å². The third-order valence-corrected chi connectivity index (χ3v) is 3.00. The molecule has 1 aromatic rings. The van der Waals surface area contributed by atoms with E-state index in [4.69, 9.17) is 4.42 Å². The van der Waals surface area contributed by atoms with Crippen molar-refractivity contribution in [3.05, 3.63) is 18.4 Å². The average Bonchev–Trinajstić information content (AvgIpc) is 2.70. The molecule has 0 saturated heterocycles. The second-order valence-electron chi connectivity index (χ2n) is 4.91. The molecule has 0 unspecified atom stereocenters. The molecule has 0 aliphatic rings. The number of hydrogen-bond acceptors (Lipinski definition) is 2. The van der Waals surface area contributed by atoms with Gasteiger partial charge in [0.1, 0.15) is 5.76 Å². The first-order chi connectivity index (χ1) is 7.17. The molecular weight excluding hydrogens is 186 g/mol. The van der Waals surface area contributed by atoms with E-state index in [0.717, 1.165) is 5.76 Å². The van der Waals surface area contributed by atoms with Gasteiger partial charge in [0.05, 0.1) is 6.20 Å². The van der Waals surface area contributed by atoms with Crippen molar-refractivity contribution < 1.29 is 4.42 Å². The van der Waals surface area contributed by atoms with Crippen LogP contribution in [0.5, 0.6) is 0 Å². The molecule has 0 fully saturated rings. The number of unbranched alkanes of at least 4 members (excludes halogenated alkanes) is 4. The van der Waals surface area contributed by atoms with Crippen LogP contribution in [0.3, 0.4) is 0 Å². The Morgan fingerprint density at radius 1 is 1.20 bits per heavy atom. The van der Waals surface area contributed by atoms with E-state index >= 15 is 0 Å². The molecule has 0 saturated carbocycles. The number of aromatic nitrogens is 1. The molecule has 0 aromatic carbocycles. The quantitative estimate of drug-likeness (QED) is 0.625. The Bertz CT molecular complexity index is 252.